The van der Waals surface area contributed by atoms with Crippen LogP contribution in [0.4, 0.5) is 26.1 Å². The van der Waals surface area contributed by atoms with Gasteiger partial charge in [0, 0.05) is 50.0 Å². The molecule has 9 nitrogen and oxygen atoms in total. The van der Waals surface area contributed by atoms with Gasteiger partial charge in [0.25, 0.3) is 0 Å². The zero-order valence-corrected chi connectivity index (χ0v) is 19.3. The van der Waals surface area contributed by atoms with E-state index < -0.39 is 11.7 Å². The third-order valence-electron chi connectivity index (χ3n) is 5.28. The molecule has 0 aromatic carbocycles. The molecule has 3 aromatic heterocycles. The molecule has 0 radical (unpaired) electrons. The van der Waals surface area contributed by atoms with E-state index in [9.17, 15) is 13.6 Å². The lowest BCUT2D eigenvalue weighted by Crippen LogP contribution is -2.19. The van der Waals surface area contributed by atoms with Crippen molar-refractivity contribution in [3.05, 3.63) is 47.9 Å². The van der Waals surface area contributed by atoms with Crippen molar-refractivity contribution in [2.75, 3.05) is 23.7 Å². The summed E-state index contributed by atoms with van der Waals surface area (Å²) < 4.78 is 27.7. The second kappa shape index (κ2) is 9.72. The first-order valence-electron chi connectivity index (χ1n) is 11.0. The van der Waals surface area contributed by atoms with E-state index in [1.807, 2.05) is 0 Å². The Morgan fingerprint density at radius 2 is 1.82 bits per heavy atom. The van der Waals surface area contributed by atoms with Crippen LogP contribution in [0.2, 0.25) is 0 Å². The Kier molecular flexibility index (Phi) is 6.73. The lowest BCUT2D eigenvalue weighted by Gasteiger charge is -2.16. The van der Waals surface area contributed by atoms with Crippen molar-refractivity contribution < 1.29 is 13.6 Å². The number of nitrogens with zero attached hydrogens (tertiary/aromatic N) is 6. The summed E-state index contributed by atoms with van der Waals surface area (Å²) in [7, 11) is 0. The average molecular weight is 469 g/mol. The number of likely N-dealkylation sites (tertiary alicyclic amines) is 1. The Morgan fingerprint density at radius 1 is 1.06 bits per heavy atom. The zero-order chi connectivity index (χ0) is 24.3. The molecule has 0 saturated carbocycles. The number of rotatable bonds is 7. The fourth-order valence-corrected chi connectivity index (χ4v) is 3.72. The summed E-state index contributed by atoms with van der Waals surface area (Å²) in [6.07, 6.45) is 7.31. The van der Waals surface area contributed by atoms with Crippen LogP contribution in [0.5, 0.6) is 0 Å². The van der Waals surface area contributed by atoms with E-state index in [0.29, 0.717) is 28.5 Å². The Labute approximate surface area is 196 Å². The molecule has 0 atom stereocenters. The summed E-state index contributed by atoms with van der Waals surface area (Å²) in [6, 6.07) is 3.15. The lowest BCUT2D eigenvalue weighted by atomic mass is 10.1. The summed E-state index contributed by atoms with van der Waals surface area (Å²) in [5, 5.41) is 5.68. The Bertz CT molecular complexity index is 1170. The minimum absolute atomic E-state index is 0.184. The van der Waals surface area contributed by atoms with Crippen LogP contribution in [0.1, 0.15) is 43.9 Å². The number of hydrogen-bond acceptors (Lipinski definition) is 8. The van der Waals surface area contributed by atoms with E-state index in [-0.39, 0.29) is 11.7 Å². The first-order chi connectivity index (χ1) is 16.2. The first-order valence-corrected chi connectivity index (χ1v) is 11.0. The van der Waals surface area contributed by atoms with Gasteiger partial charge in [0.1, 0.15) is 11.6 Å². The topological polar surface area (TPSA) is 109 Å². The van der Waals surface area contributed by atoms with Crippen LogP contribution in [0.3, 0.4) is 0 Å². The number of aryl methyl sites for hydroxylation is 1. The fourth-order valence-electron chi connectivity index (χ4n) is 3.72. The molecule has 0 aliphatic carbocycles. The molecular formula is C23H26F2N8O. The molecule has 1 aliphatic rings. The first kappa shape index (κ1) is 23.6. The maximum Gasteiger partial charge on any atom is 0.303 e. The summed E-state index contributed by atoms with van der Waals surface area (Å²) in [5.74, 6) is -3.59. The molecule has 4 rings (SSSR count). The molecule has 1 fully saturated rings. The average Bonchev–Trinajstić information content (AvgIpc) is 3.26. The molecule has 1 amide bonds. The van der Waals surface area contributed by atoms with Crippen LogP contribution in [-0.2, 0) is 17.3 Å². The van der Waals surface area contributed by atoms with Gasteiger partial charge in [-0.3, -0.25) is 19.7 Å². The predicted molar refractivity (Wildman–Crippen MR) is 124 cm³/mol. The third-order valence-corrected chi connectivity index (χ3v) is 5.28. The molecule has 1 aliphatic heterocycles. The maximum absolute atomic E-state index is 13.9. The molecule has 1 saturated heterocycles. The van der Waals surface area contributed by atoms with Gasteiger partial charge in [-0.2, -0.15) is 8.78 Å². The van der Waals surface area contributed by atoms with Gasteiger partial charge in [-0.25, -0.2) is 15.0 Å². The van der Waals surface area contributed by atoms with Crippen molar-refractivity contribution in [2.24, 2.45) is 0 Å². The van der Waals surface area contributed by atoms with E-state index in [4.69, 9.17) is 0 Å². The van der Waals surface area contributed by atoms with Crippen LogP contribution in [0.25, 0.3) is 11.3 Å². The van der Waals surface area contributed by atoms with Crippen LogP contribution >= 0.6 is 0 Å². The van der Waals surface area contributed by atoms with E-state index in [1.165, 1.54) is 19.8 Å². The summed E-state index contributed by atoms with van der Waals surface area (Å²) in [4.78, 5) is 35.0. The molecule has 0 unspecified atom stereocenters. The second-order valence-corrected chi connectivity index (χ2v) is 8.40. The lowest BCUT2D eigenvalue weighted by molar-refractivity contribution is -0.114. The van der Waals surface area contributed by atoms with Crippen molar-refractivity contribution in [2.45, 2.75) is 46.1 Å². The van der Waals surface area contributed by atoms with E-state index in [0.717, 1.165) is 32.3 Å². The van der Waals surface area contributed by atoms with Gasteiger partial charge < -0.3 is 10.6 Å². The minimum Gasteiger partial charge on any atom is -0.339 e. The number of halogens is 2. The molecule has 34 heavy (non-hydrogen) atoms. The number of nitrogens with one attached hydrogen (secondary N) is 2. The zero-order valence-electron chi connectivity index (χ0n) is 19.3. The third kappa shape index (κ3) is 5.84. The number of carbonyl (C=O) groups excluding carboxylic acids is 1. The molecule has 4 heterocycles. The largest absolute Gasteiger partial charge is 0.339 e. The van der Waals surface area contributed by atoms with Crippen LogP contribution in [0, 0.1) is 6.92 Å². The quantitative estimate of drug-likeness (QED) is 0.535. The molecular weight excluding hydrogens is 442 g/mol. The summed E-state index contributed by atoms with van der Waals surface area (Å²) in [6.45, 7) is 6.59. The van der Waals surface area contributed by atoms with Gasteiger partial charge in [0.15, 0.2) is 0 Å². The summed E-state index contributed by atoms with van der Waals surface area (Å²) in [5.41, 5.74) is 2.85. The fraction of sp³-hybridized carbons (Fsp3) is 0.391. The number of alkyl halides is 2. The Hall–Kier alpha value is -3.60. The van der Waals surface area contributed by atoms with Gasteiger partial charge in [0.05, 0.1) is 29.5 Å². The van der Waals surface area contributed by atoms with Gasteiger partial charge >= 0.3 is 5.92 Å². The van der Waals surface area contributed by atoms with Crippen LogP contribution < -0.4 is 10.6 Å². The monoisotopic (exact) mass is 468 g/mol. The number of amides is 1. The van der Waals surface area contributed by atoms with Gasteiger partial charge in [0.2, 0.25) is 11.7 Å². The SMILES string of the molecule is CC(=O)Nc1cc(Nc2cc(C)nc(C(C)(F)F)n2)c(-c2cnc(CN3CCCC3)cn2)cn1. The van der Waals surface area contributed by atoms with Crippen molar-refractivity contribution in [3.8, 4) is 11.3 Å². The minimum atomic E-state index is -3.19. The smallest absolute Gasteiger partial charge is 0.303 e. The number of carbonyl (C=O) groups is 1. The second-order valence-electron chi connectivity index (χ2n) is 8.40. The van der Waals surface area contributed by atoms with Crippen molar-refractivity contribution >= 4 is 23.2 Å². The Balaban J connectivity index is 1.67. The highest BCUT2D eigenvalue weighted by Crippen LogP contribution is 2.31. The van der Waals surface area contributed by atoms with Gasteiger partial charge in [-0.1, -0.05) is 0 Å². The molecule has 11 heteroatoms. The number of aromatic nitrogens is 5. The molecule has 0 bridgehead atoms. The number of pyridine rings is 1. The van der Waals surface area contributed by atoms with Crippen LogP contribution in [0.15, 0.2) is 30.7 Å². The van der Waals surface area contributed by atoms with Gasteiger partial charge in [-0.15, -0.1) is 0 Å². The van der Waals surface area contributed by atoms with Crippen molar-refractivity contribution in [1.29, 1.82) is 0 Å². The highest BCUT2D eigenvalue weighted by Gasteiger charge is 2.29. The Morgan fingerprint density at radius 3 is 2.47 bits per heavy atom. The highest BCUT2D eigenvalue weighted by molar-refractivity contribution is 5.89. The van der Waals surface area contributed by atoms with Crippen molar-refractivity contribution in [3.63, 3.8) is 0 Å². The number of anilines is 3. The molecule has 2 N–H and O–H groups in total. The predicted octanol–water partition coefficient (Wildman–Crippen LogP) is 4.05. The normalized spacial score (nSPS) is 14.3. The maximum atomic E-state index is 13.9. The molecule has 0 spiro atoms. The standard InChI is InChI=1S/C23H26F2N8O/c1-14-8-21(32-22(29-14)23(3,24)25)31-18-9-20(30-15(2)34)28-11-17(18)19-12-26-16(10-27-19)13-33-6-4-5-7-33/h8-12H,4-7,13H2,1-3H3,(H2,28,29,30,31,32,34). The van der Waals surface area contributed by atoms with E-state index in [1.54, 1.807) is 37.6 Å². The summed E-state index contributed by atoms with van der Waals surface area (Å²) >= 11 is 0. The molecule has 178 valence electrons. The number of hydrogen-bond donors (Lipinski definition) is 2. The van der Waals surface area contributed by atoms with Crippen molar-refractivity contribution in [1.82, 2.24) is 29.8 Å². The van der Waals surface area contributed by atoms with Crippen LogP contribution in [-0.4, -0.2) is 48.8 Å². The van der Waals surface area contributed by atoms with E-state index in [2.05, 4.69) is 40.5 Å². The molecule has 3 aromatic rings. The van der Waals surface area contributed by atoms with E-state index >= 15 is 0 Å². The van der Waals surface area contributed by atoms with Gasteiger partial charge in [-0.05, 0) is 32.9 Å². The highest BCUT2D eigenvalue weighted by atomic mass is 19.3.